The van der Waals surface area contributed by atoms with E-state index in [0.717, 1.165) is 16.3 Å². The van der Waals surface area contributed by atoms with Gasteiger partial charge in [-0.05, 0) is 36.8 Å². The number of hydrogen-bond donors (Lipinski definition) is 3. The second kappa shape index (κ2) is 7.65. The van der Waals surface area contributed by atoms with E-state index in [0.29, 0.717) is 5.69 Å². The minimum atomic E-state index is -0.649. The van der Waals surface area contributed by atoms with E-state index in [4.69, 9.17) is 5.73 Å². The fourth-order valence-corrected chi connectivity index (χ4v) is 2.39. The zero-order valence-electron chi connectivity index (χ0n) is 14.4. The minimum Gasteiger partial charge on any atom is -0.382 e. The van der Waals surface area contributed by atoms with Crippen molar-refractivity contribution in [3.63, 3.8) is 0 Å². The van der Waals surface area contributed by atoms with Gasteiger partial charge in [0, 0.05) is 11.4 Å². The maximum absolute atomic E-state index is 13.2. The molecule has 0 saturated carbocycles. The van der Waals surface area contributed by atoms with Crippen molar-refractivity contribution >= 4 is 29.0 Å². The average Bonchev–Trinajstić information content (AvgIpc) is 2.97. The van der Waals surface area contributed by atoms with E-state index >= 15 is 0 Å². The SMILES string of the molecule is Cc1ccccc1NC(=O)Cn1nnc(C(=O)Nc2cccc(F)c2)c1N. The second-order valence-electron chi connectivity index (χ2n) is 5.81. The Hall–Kier alpha value is -3.75. The molecule has 0 unspecified atom stereocenters. The molecule has 138 valence electrons. The van der Waals surface area contributed by atoms with Gasteiger partial charge in [-0.2, -0.15) is 0 Å². The van der Waals surface area contributed by atoms with Crippen molar-refractivity contribution in [3.8, 4) is 0 Å². The van der Waals surface area contributed by atoms with Crippen molar-refractivity contribution < 1.29 is 14.0 Å². The minimum absolute atomic E-state index is 0.0659. The van der Waals surface area contributed by atoms with Gasteiger partial charge in [0.1, 0.15) is 12.4 Å². The Morgan fingerprint density at radius 2 is 1.93 bits per heavy atom. The van der Waals surface area contributed by atoms with Crippen LogP contribution >= 0.6 is 0 Å². The number of nitrogens with zero attached hydrogens (tertiary/aromatic N) is 3. The summed E-state index contributed by atoms with van der Waals surface area (Å²) in [6.07, 6.45) is 0. The zero-order valence-corrected chi connectivity index (χ0v) is 14.4. The highest BCUT2D eigenvalue weighted by Crippen LogP contribution is 2.15. The van der Waals surface area contributed by atoms with Crippen LogP contribution in [0.5, 0.6) is 0 Å². The molecule has 0 radical (unpaired) electrons. The van der Waals surface area contributed by atoms with Crippen molar-refractivity contribution in [3.05, 3.63) is 65.6 Å². The number of aromatic nitrogens is 3. The van der Waals surface area contributed by atoms with Crippen LogP contribution in [-0.4, -0.2) is 26.8 Å². The van der Waals surface area contributed by atoms with Crippen LogP contribution in [0.1, 0.15) is 16.1 Å². The van der Waals surface area contributed by atoms with Crippen molar-refractivity contribution in [2.45, 2.75) is 13.5 Å². The summed E-state index contributed by atoms with van der Waals surface area (Å²) in [5, 5.41) is 12.7. The molecule has 0 spiro atoms. The number of amides is 2. The molecule has 4 N–H and O–H groups in total. The fourth-order valence-electron chi connectivity index (χ4n) is 2.39. The van der Waals surface area contributed by atoms with Crippen LogP contribution in [0, 0.1) is 12.7 Å². The highest BCUT2D eigenvalue weighted by Gasteiger charge is 2.19. The van der Waals surface area contributed by atoms with Crippen LogP contribution in [0.15, 0.2) is 48.5 Å². The Kier molecular flexibility index (Phi) is 5.11. The smallest absolute Gasteiger partial charge is 0.280 e. The molecule has 3 aromatic rings. The number of carbonyl (C=O) groups is 2. The molecule has 9 heteroatoms. The number of para-hydroxylation sites is 1. The molecule has 0 bridgehead atoms. The van der Waals surface area contributed by atoms with Gasteiger partial charge in [0.25, 0.3) is 5.91 Å². The number of anilines is 3. The summed E-state index contributed by atoms with van der Waals surface area (Å²) in [5.41, 5.74) is 7.57. The lowest BCUT2D eigenvalue weighted by Crippen LogP contribution is -2.21. The summed E-state index contributed by atoms with van der Waals surface area (Å²) in [4.78, 5) is 24.4. The Labute approximate surface area is 154 Å². The van der Waals surface area contributed by atoms with Crippen molar-refractivity contribution in [2.75, 3.05) is 16.4 Å². The normalized spacial score (nSPS) is 10.4. The number of halogens is 1. The third-order valence-corrected chi connectivity index (χ3v) is 3.78. The molecule has 0 aliphatic carbocycles. The molecule has 0 atom stereocenters. The van der Waals surface area contributed by atoms with E-state index in [9.17, 15) is 14.0 Å². The van der Waals surface area contributed by atoms with Gasteiger partial charge in [-0.15, -0.1) is 5.10 Å². The average molecular weight is 368 g/mol. The molecular formula is C18H17FN6O2. The number of hydrogen-bond acceptors (Lipinski definition) is 5. The van der Waals surface area contributed by atoms with Gasteiger partial charge in [0.15, 0.2) is 11.5 Å². The lowest BCUT2D eigenvalue weighted by Gasteiger charge is -2.08. The first-order chi connectivity index (χ1) is 12.9. The summed E-state index contributed by atoms with van der Waals surface area (Å²) >= 11 is 0. The predicted molar refractivity (Wildman–Crippen MR) is 98.6 cm³/mol. The van der Waals surface area contributed by atoms with Crippen LogP contribution in [0.2, 0.25) is 0 Å². The molecule has 1 heterocycles. The van der Waals surface area contributed by atoms with Gasteiger partial charge in [0.2, 0.25) is 5.91 Å². The molecule has 2 amide bonds. The number of nitrogen functional groups attached to an aromatic ring is 1. The summed E-state index contributed by atoms with van der Waals surface area (Å²) in [7, 11) is 0. The molecule has 0 fully saturated rings. The molecule has 1 aromatic heterocycles. The maximum atomic E-state index is 13.2. The van der Waals surface area contributed by atoms with E-state index in [-0.39, 0.29) is 29.7 Å². The van der Waals surface area contributed by atoms with Gasteiger partial charge in [-0.3, -0.25) is 9.59 Å². The quantitative estimate of drug-likeness (QED) is 0.639. The first kappa shape index (κ1) is 18.1. The zero-order chi connectivity index (χ0) is 19.4. The summed E-state index contributed by atoms with van der Waals surface area (Å²) in [6, 6.07) is 12.7. The van der Waals surface area contributed by atoms with E-state index in [1.165, 1.54) is 18.2 Å². The van der Waals surface area contributed by atoms with Crippen LogP contribution in [0.3, 0.4) is 0 Å². The van der Waals surface area contributed by atoms with Gasteiger partial charge >= 0.3 is 0 Å². The Balaban J connectivity index is 1.68. The molecule has 0 aliphatic heterocycles. The van der Waals surface area contributed by atoms with E-state index < -0.39 is 11.7 Å². The fraction of sp³-hybridized carbons (Fsp3) is 0.111. The third kappa shape index (κ3) is 4.27. The Bertz CT molecular complexity index is 1000. The Morgan fingerprint density at radius 3 is 2.67 bits per heavy atom. The monoisotopic (exact) mass is 368 g/mol. The third-order valence-electron chi connectivity index (χ3n) is 3.78. The lowest BCUT2D eigenvalue weighted by atomic mass is 10.2. The van der Waals surface area contributed by atoms with Crippen LogP contribution in [-0.2, 0) is 11.3 Å². The second-order valence-corrected chi connectivity index (χ2v) is 5.81. The molecule has 8 nitrogen and oxygen atoms in total. The first-order valence-electron chi connectivity index (χ1n) is 8.05. The van der Waals surface area contributed by atoms with Gasteiger partial charge in [-0.1, -0.05) is 29.5 Å². The summed E-state index contributed by atoms with van der Waals surface area (Å²) in [5.74, 6) is -1.57. The topological polar surface area (TPSA) is 115 Å². The van der Waals surface area contributed by atoms with Crippen molar-refractivity contribution in [1.29, 1.82) is 0 Å². The maximum Gasteiger partial charge on any atom is 0.280 e. The number of aryl methyl sites for hydroxylation is 1. The van der Waals surface area contributed by atoms with Crippen LogP contribution in [0.25, 0.3) is 0 Å². The van der Waals surface area contributed by atoms with Crippen LogP contribution < -0.4 is 16.4 Å². The highest BCUT2D eigenvalue weighted by atomic mass is 19.1. The summed E-state index contributed by atoms with van der Waals surface area (Å²) < 4.78 is 14.3. The number of rotatable bonds is 5. The Morgan fingerprint density at radius 1 is 1.15 bits per heavy atom. The summed E-state index contributed by atoms with van der Waals surface area (Å²) in [6.45, 7) is 1.66. The largest absolute Gasteiger partial charge is 0.382 e. The van der Waals surface area contributed by atoms with E-state index in [1.54, 1.807) is 12.1 Å². The van der Waals surface area contributed by atoms with Gasteiger partial charge in [0.05, 0.1) is 0 Å². The van der Waals surface area contributed by atoms with E-state index in [1.807, 2.05) is 19.1 Å². The van der Waals surface area contributed by atoms with Crippen molar-refractivity contribution in [1.82, 2.24) is 15.0 Å². The van der Waals surface area contributed by atoms with E-state index in [2.05, 4.69) is 20.9 Å². The number of benzene rings is 2. The molecular weight excluding hydrogens is 351 g/mol. The molecule has 3 rings (SSSR count). The number of nitrogens with one attached hydrogen (secondary N) is 2. The van der Waals surface area contributed by atoms with Gasteiger partial charge in [-0.25, -0.2) is 9.07 Å². The number of nitrogens with two attached hydrogens (primary N) is 1. The molecule has 27 heavy (non-hydrogen) atoms. The van der Waals surface area contributed by atoms with Gasteiger partial charge < -0.3 is 16.4 Å². The molecule has 0 aliphatic rings. The lowest BCUT2D eigenvalue weighted by molar-refractivity contribution is -0.116. The van der Waals surface area contributed by atoms with Crippen molar-refractivity contribution in [2.24, 2.45) is 0 Å². The molecule has 0 saturated heterocycles. The first-order valence-corrected chi connectivity index (χ1v) is 8.05. The number of carbonyl (C=O) groups excluding carboxylic acids is 2. The molecule has 2 aromatic carbocycles. The predicted octanol–water partition coefficient (Wildman–Crippen LogP) is 2.20. The van der Waals surface area contributed by atoms with Crippen LogP contribution in [0.4, 0.5) is 21.6 Å². The highest BCUT2D eigenvalue weighted by molar-refractivity contribution is 6.05. The standard InChI is InChI=1S/C18H17FN6O2/c1-11-5-2-3-8-14(11)22-15(26)10-25-17(20)16(23-24-25)18(27)21-13-7-4-6-12(19)9-13/h2-9H,10,20H2,1H3,(H,21,27)(H,22,26).